The van der Waals surface area contributed by atoms with Gasteiger partial charge in [-0.1, -0.05) is 25.1 Å². The molecule has 0 radical (unpaired) electrons. The molecule has 1 atom stereocenters. The summed E-state index contributed by atoms with van der Waals surface area (Å²) in [5.74, 6) is 0.481. The maximum absolute atomic E-state index is 12.0. The minimum absolute atomic E-state index is 0.153. The van der Waals surface area contributed by atoms with Gasteiger partial charge in [0.15, 0.2) is 0 Å². The minimum Gasteiger partial charge on any atom is -0.366 e. The minimum atomic E-state index is -0.356. The molecule has 2 aromatic rings. The molecular weight excluding hydrogens is 348 g/mol. The number of fused-ring (bicyclic) bond motifs is 1. The van der Waals surface area contributed by atoms with Crippen molar-refractivity contribution in [2.45, 2.75) is 52.5 Å². The first kappa shape index (κ1) is 19.9. The smallest absolute Gasteiger partial charge is 0.339 e. The highest BCUT2D eigenvalue weighted by molar-refractivity contribution is 5.91. The van der Waals surface area contributed by atoms with Crippen molar-refractivity contribution >= 4 is 23.6 Å². The summed E-state index contributed by atoms with van der Waals surface area (Å²) in [5, 5.41) is 6.89. The van der Waals surface area contributed by atoms with Crippen LogP contribution in [-0.4, -0.2) is 24.3 Å². The van der Waals surface area contributed by atoms with Crippen LogP contribution in [0, 0.1) is 6.92 Å². The summed E-state index contributed by atoms with van der Waals surface area (Å²) in [5.41, 5.74) is 8.27. The quantitative estimate of drug-likeness (QED) is 0.563. The van der Waals surface area contributed by atoms with E-state index in [0.717, 1.165) is 29.8 Å². The van der Waals surface area contributed by atoms with Gasteiger partial charge in [0, 0.05) is 23.5 Å². The van der Waals surface area contributed by atoms with E-state index < -0.39 is 0 Å². The summed E-state index contributed by atoms with van der Waals surface area (Å²) in [6.07, 6.45) is 2.84. The number of para-hydroxylation sites is 1. The molecule has 0 unspecified atom stereocenters. The number of hydrogen-bond acceptors (Lipinski definition) is 3. The van der Waals surface area contributed by atoms with Crippen LogP contribution in [0.25, 0.3) is 0 Å². The highest BCUT2D eigenvalue weighted by atomic mass is 16.2. The van der Waals surface area contributed by atoms with Crippen LogP contribution in [0.1, 0.15) is 56.7 Å². The van der Waals surface area contributed by atoms with Crippen LogP contribution in [0.15, 0.2) is 47.6 Å². The second-order valence-electron chi connectivity index (χ2n) is 8.12. The molecule has 0 saturated heterocycles. The van der Waals surface area contributed by atoms with Crippen molar-refractivity contribution in [2.24, 2.45) is 5.10 Å². The van der Waals surface area contributed by atoms with Crippen LogP contribution in [0.2, 0.25) is 0 Å². The topological polar surface area (TPSA) is 56.7 Å². The summed E-state index contributed by atoms with van der Waals surface area (Å²) in [7, 11) is 0. The van der Waals surface area contributed by atoms with Gasteiger partial charge in [-0.15, -0.1) is 0 Å². The number of hydrogen-bond donors (Lipinski definition) is 2. The van der Waals surface area contributed by atoms with Gasteiger partial charge >= 0.3 is 6.03 Å². The molecule has 5 nitrogen and oxygen atoms in total. The zero-order chi connectivity index (χ0) is 20.3. The Balaban J connectivity index is 1.76. The molecule has 1 heterocycles. The van der Waals surface area contributed by atoms with E-state index in [-0.39, 0.29) is 11.6 Å². The number of nitrogens with zero attached hydrogens (tertiary/aromatic N) is 2. The maximum Gasteiger partial charge on any atom is 0.339 e. The predicted octanol–water partition coefficient (Wildman–Crippen LogP) is 5.26. The summed E-state index contributed by atoms with van der Waals surface area (Å²) >= 11 is 0. The Labute approximate surface area is 167 Å². The monoisotopic (exact) mass is 378 g/mol. The first-order chi connectivity index (χ1) is 13.3. The van der Waals surface area contributed by atoms with Crippen LogP contribution < -0.4 is 15.6 Å². The number of urea groups is 1. The van der Waals surface area contributed by atoms with Crippen molar-refractivity contribution in [1.82, 2.24) is 5.43 Å². The molecule has 0 aliphatic carbocycles. The Hall–Kier alpha value is -2.82. The Kier molecular flexibility index (Phi) is 5.73. The van der Waals surface area contributed by atoms with Gasteiger partial charge in [-0.3, -0.25) is 0 Å². The van der Waals surface area contributed by atoms with Crippen LogP contribution >= 0.6 is 0 Å². The number of amides is 2. The third-order valence-electron chi connectivity index (χ3n) is 5.49. The molecule has 2 N–H and O–H groups in total. The number of carbonyl (C=O) groups excluding carboxylic acids is 1. The average Bonchev–Trinajstić information content (AvgIpc) is 2.63. The van der Waals surface area contributed by atoms with E-state index in [0.29, 0.717) is 5.92 Å². The Morgan fingerprint density at radius 1 is 1.29 bits per heavy atom. The van der Waals surface area contributed by atoms with Gasteiger partial charge in [0.2, 0.25) is 0 Å². The largest absolute Gasteiger partial charge is 0.366 e. The van der Waals surface area contributed by atoms with E-state index in [1.54, 1.807) is 6.21 Å². The van der Waals surface area contributed by atoms with Gasteiger partial charge in [0.25, 0.3) is 0 Å². The standard InChI is InChI=1S/C23H30N4O/c1-6-27-21-12-16(2)18(13-20(21)17(3)14-23(27,4)5)15-24-26-22(28)25-19-10-8-7-9-11-19/h7-13,15,17H,6,14H2,1-5H3,(H2,25,26,28)/b24-15+/t17-/m1/s1. The van der Waals surface area contributed by atoms with Crippen molar-refractivity contribution in [3.8, 4) is 0 Å². The van der Waals surface area contributed by atoms with Gasteiger partial charge < -0.3 is 10.2 Å². The summed E-state index contributed by atoms with van der Waals surface area (Å²) in [4.78, 5) is 14.5. The molecule has 0 saturated carbocycles. The SMILES string of the molecule is CCN1c2cc(C)c(/C=N/NC(=O)Nc3ccccc3)cc2[C@H](C)CC1(C)C. The van der Waals surface area contributed by atoms with Crippen molar-refractivity contribution < 1.29 is 4.79 Å². The molecule has 28 heavy (non-hydrogen) atoms. The molecule has 0 aromatic heterocycles. The zero-order valence-corrected chi connectivity index (χ0v) is 17.4. The summed E-state index contributed by atoms with van der Waals surface area (Å²) in [6.45, 7) is 12.2. The molecule has 0 fully saturated rings. The van der Waals surface area contributed by atoms with Gasteiger partial charge in [0.05, 0.1) is 6.21 Å². The third kappa shape index (κ3) is 4.19. The Morgan fingerprint density at radius 3 is 2.68 bits per heavy atom. The first-order valence-electron chi connectivity index (χ1n) is 9.89. The van der Waals surface area contributed by atoms with Crippen molar-refractivity contribution in [2.75, 3.05) is 16.8 Å². The lowest BCUT2D eigenvalue weighted by atomic mass is 9.79. The molecule has 0 spiro atoms. The lowest BCUT2D eigenvalue weighted by Gasteiger charge is -2.47. The van der Waals surface area contributed by atoms with E-state index in [9.17, 15) is 4.79 Å². The van der Waals surface area contributed by atoms with Gasteiger partial charge in [-0.2, -0.15) is 5.10 Å². The highest BCUT2D eigenvalue weighted by Crippen LogP contribution is 2.43. The summed E-state index contributed by atoms with van der Waals surface area (Å²) in [6, 6.07) is 13.4. The van der Waals surface area contributed by atoms with E-state index >= 15 is 0 Å². The number of aryl methyl sites for hydroxylation is 1. The summed E-state index contributed by atoms with van der Waals surface area (Å²) < 4.78 is 0. The fraction of sp³-hybridized carbons (Fsp3) is 0.391. The Bertz CT molecular complexity index is 874. The lowest BCUT2D eigenvalue weighted by molar-refractivity contribution is 0.252. The van der Waals surface area contributed by atoms with Crippen LogP contribution in [0.5, 0.6) is 0 Å². The second kappa shape index (κ2) is 8.05. The first-order valence-corrected chi connectivity index (χ1v) is 9.89. The maximum atomic E-state index is 12.0. The van der Waals surface area contributed by atoms with Gasteiger partial charge in [-0.25, -0.2) is 10.2 Å². The van der Waals surface area contributed by atoms with Crippen LogP contribution in [-0.2, 0) is 0 Å². The number of rotatable bonds is 4. The van der Waals surface area contributed by atoms with Crippen molar-refractivity contribution in [3.63, 3.8) is 0 Å². The Morgan fingerprint density at radius 2 is 2.00 bits per heavy atom. The van der Waals surface area contributed by atoms with E-state index in [1.807, 2.05) is 30.3 Å². The number of nitrogens with one attached hydrogen (secondary N) is 2. The van der Waals surface area contributed by atoms with Crippen molar-refractivity contribution in [1.29, 1.82) is 0 Å². The zero-order valence-electron chi connectivity index (χ0n) is 17.4. The average molecular weight is 379 g/mol. The van der Waals surface area contributed by atoms with E-state index in [4.69, 9.17) is 0 Å². The molecule has 0 bridgehead atoms. The molecule has 1 aliphatic heterocycles. The molecule has 2 aromatic carbocycles. The van der Waals surface area contributed by atoms with E-state index in [2.05, 4.69) is 67.5 Å². The number of hydrazone groups is 1. The molecular formula is C23H30N4O. The second-order valence-corrected chi connectivity index (χ2v) is 8.12. The molecule has 2 amide bonds. The third-order valence-corrected chi connectivity index (χ3v) is 5.49. The lowest BCUT2D eigenvalue weighted by Crippen LogP contribution is -2.48. The number of carbonyl (C=O) groups is 1. The molecule has 5 heteroatoms. The highest BCUT2D eigenvalue weighted by Gasteiger charge is 2.35. The normalized spacial score (nSPS) is 18.0. The fourth-order valence-electron chi connectivity index (χ4n) is 4.23. The van der Waals surface area contributed by atoms with Gasteiger partial charge in [-0.05, 0) is 81.0 Å². The number of benzene rings is 2. The number of anilines is 2. The van der Waals surface area contributed by atoms with Gasteiger partial charge in [0.1, 0.15) is 0 Å². The fourth-order valence-corrected chi connectivity index (χ4v) is 4.23. The van der Waals surface area contributed by atoms with Crippen LogP contribution in [0.4, 0.5) is 16.2 Å². The molecule has 148 valence electrons. The van der Waals surface area contributed by atoms with Crippen LogP contribution in [0.3, 0.4) is 0 Å². The molecule has 1 aliphatic rings. The van der Waals surface area contributed by atoms with E-state index in [1.165, 1.54) is 11.3 Å². The molecule has 3 rings (SSSR count). The van der Waals surface area contributed by atoms with Crippen molar-refractivity contribution in [3.05, 3.63) is 59.2 Å². The predicted molar refractivity (Wildman–Crippen MR) is 118 cm³/mol.